The molecular formula is C10H15N3O2S. The van der Waals surface area contributed by atoms with Gasteiger partial charge < -0.3 is 0 Å². The second-order valence-corrected chi connectivity index (χ2v) is 6.74. The van der Waals surface area contributed by atoms with E-state index in [4.69, 9.17) is 0 Å². The molecule has 2 bridgehead atoms. The molecule has 1 saturated heterocycles. The third kappa shape index (κ3) is 1.56. The highest BCUT2D eigenvalue weighted by Gasteiger charge is 2.38. The number of piperidine rings is 1. The van der Waals surface area contributed by atoms with E-state index in [-0.39, 0.29) is 4.90 Å². The van der Waals surface area contributed by atoms with Crippen LogP contribution in [0.4, 0.5) is 0 Å². The summed E-state index contributed by atoms with van der Waals surface area (Å²) in [5.74, 6) is 1.14. The number of hydrogen-bond acceptors (Lipinski definition) is 3. The zero-order valence-corrected chi connectivity index (χ0v) is 9.78. The minimum atomic E-state index is -3.30. The van der Waals surface area contributed by atoms with Crippen LogP contribution in [0.1, 0.15) is 19.3 Å². The molecule has 3 rings (SSSR count). The normalized spacial score (nSPS) is 30.8. The Morgan fingerprint density at radius 1 is 1.31 bits per heavy atom. The summed E-state index contributed by atoms with van der Waals surface area (Å²) >= 11 is 0. The van der Waals surface area contributed by atoms with Gasteiger partial charge in [-0.1, -0.05) is 0 Å². The predicted molar refractivity (Wildman–Crippen MR) is 58.2 cm³/mol. The molecule has 0 radical (unpaired) electrons. The number of aromatic nitrogens is 2. The molecule has 2 aliphatic rings. The van der Waals surface area contributed by atoms with Gasteiger partial charge in [0, 0.05) is 19.3 Å². The third-order valence-corrected chi connectivity index (χ3v) is 5.48. The van der Waals surface area contributed by atoms with Gasteiger partial charge in [0.1, 0.15) is 4.90 Å². The SMILES string of the molecule is O=S(=O)(c1cn[nH]c1)N1C[C@@H]2CC[C@@H](C2)C1. The van der Waals surface area contributed by atoms with Gasteiger partial charge in [0.15, 0.2) is 0 Å². The van der Waals surface area contributed by atoms with Gasteiger partial charge in [0.05, 0.1) is 6.20 Å². The number of H-pyrrole nitrogens is 1. The molecule has 6 heteroatoms. The highest BCUT2D eigenvalue weighted by molar-refractivity contribution is 7.89. The van der Waals surface area contributed by atoms with Crippen molar-refractivity contribution >= 4 is 10.0 Å². The van der Waals surface area contributed by atoms with Gasteiger partial charge in [0.2, 0.25) is 10.0 Å². The fraction of sp³-hybridized carbons (Fsp3) is 0.700. The van der Waals surface area contributed by atoms with Crippen molar-refractivity contribution in [2.24, 2.45) is 11.8 Å². The van der Waals surface area contributed by atoms with Gasteiger partial charge in [-0.2, -0.15) is 9.40 Å². The first kappa shape index (κ1) is 10.3. The van der Waals surface area contributed by atoms with Gasteiger partial charge in [-0.15, -0.1) is 0 Å². The molecule has 0 unspecified atom stereocenters. The van der Waals surface area contributed by atoms with Crippen LogP contribution < -0.4 is 0 Å². The molecule has 0 spiro atoms. The largest absolute Gasteiger partial charge is 0.284 e. The minimum absolute atomic E-state index is 0.286. The van der Waals surface area contributed by atoms with Crippen molar-refractivity contribution in [1.29, 1.82) is 0 Å². The van der Waals surface area contributed by atoms with E-state index in [1.807, 2.05) is 0 Å². The summed E-state index contributed by atoms with van der Waals surface area (Å²) in [4.78, 5) is 0.286. The fourth-order valence-electron chi connectivity index (χ4n) is 2.89. The maximum atomic E-state index is 12.2. The Kier molecular flexibility index (Phi) is 2.29. The van der Waals surface area contributed by atoms with E-state index in [9.17, 15) is 8.42 Å². The van der Waals surface area contributed by atoms with Crippen LogP contribution in [-0.4, -0.2) is 36.0 Å². The number of nitrogens with zero attached hydrogens (tertiary/aromatic N) is 2. The number of hydrogen-bond donors (Lipinski definition) is 1. The molecule has 2 heterocycles. The number of rotatable bonds is 2. The molecule has 1 N–H and O–H groups in total. The van der Waals surface area contributed by atoms with Crippen molar-refractivity contribution in [3.63, 3.8) is 0 Å². The summed E-state index contributed by atoms with van der Waals surface area (Å²) in [5.41, 5.74) is 0. The first-order valence-corrected chi connectivity index (χ1v) is 7.09. The highest BCUT2D eigenvalue weighted by atomic mass is 32.2. The first-order valence-electron chi connectivity index (χ1n) is 5.65. The second-order valence-electron chi connectivity index (χ2n) is 4.80. The van der Waals surface area contributed by atoms with Crippen molar-refractivity contribution < 1.29 is 8.42 Å². The van der Waals surface area contributed by atoms with Crippen LogP contribution in [0.25, 0.3) is 0 Å². The van der Waals surface area contributed by atoms with Crippen LogP contribution in [-0.2, 0) is 10.0 Å². The Labute approximate surface area is 94.9 Å². The van der Waals surface area contributed by atoms with Crippen molar-refractivity contribution in [2.45, 2.75) is 24.2 Å². The average Bonchev–Trinajstić information content (AvgIpc) is 2.88. The lowest BCUT2D eigenvalue weighted by Crippen LogP contribution is -2.40. The van der Waals surface area contributed by atoms with E-state index in [1.165, 1.54) is 31.7 Å². The molecular weight excluding hydrogens is 226 g/mol. The second kappa shape index (κ2) is 3.56. The molecule has 2 fully saturated rings. The molecule has 1 saturated carbocycles. The van der Waals surface area contributed by atoms with Crippen molar-refractivity contribution in [3.8, 4) is 0 Å². The zero-order chi connectivity index (χ0) is 11.2. The monoisotopic (exact) mass is 241 g/mol. The molecule has 5 nitrogen and oxygen atoms in total. The van der Waals surface area contributed by atoms with Crippen LogP contribution in [0.5, 0.6) is 0 Å². The van der Waals surface area contributed by atoms with E-state index in [0.29, 0.717) is 24.9 Å². The molecule has 1 aliphatic heterocycles. The number of nitrogens with one attached hydrogen (secondary N) is 1. The highest BCUT2D eigenvalue weighted by Crippen LogP contribution is 2.38. The number of sulfonamides is 1. The van der Waals surface area contributed by atoms with E-state index in [0.717, 1.165) is 0 Å². The van der Waals surface area contributed by atoms with Crippen LogP contribution >= 0.6 is 0 Å². The Bertz CT molecular complexity index is 456. The van der Waals surface area contributed by atoms with Gasteiger partial charge in [0.25, 0.3) is 0 Å². The Morgan fingerprint density at radius 3 is 2.56 bits per heavy atom. The van der Waals surface area contributed by atoms with Gasteiger partial charge in [-0.05, 0) is 31.1 Å². The smallest absolute Gasteiger partial charge is 0.246 e. The fourth-order valence-corrected chi connectivity index (χ4v) is 4.39. The summed E-state index contributed by atoms with van der Waals surface area (Å²) in [7, 11) is -3.30. The van der Waals surface area contributed by atoms with Crippen molar-refractivity contribution in [3.05, 3.63) is 12.4 Å². The molecule has 16 heavy (non-hydrogen) atoms. The third-order valence-electron chi connectivity index (χ3n) is 3.68. The minimum Gasteiger partial charge on any atom is -0.284 e. The van der Waals surface area contributed by atoms with Crippen LogP contribution in [0.2, 0.25) is 0 Å². The van der Waals surface area contributed by atoms with Gasteiger partial charge >= 0.3 is 0 Å². The van der Waals surface area contributed by atoms with Crippen LogP contribution in [0.3, 0.4) is 0 Å². The Hall–Kier alpha value is -0.880. The molecule has 0 amide bonds. The number of aromatic amines is 1. The molecule has 1 aromatic heterocycles. The van der Waals surface area contributed by atoms with Crippen molar-refractivity contribution in [2.75, 3.05) is 13.1 Å². The van der Waals surface area contributed by atoms with E-state index < -0.39 is 10.0 Å². The summed E-state index contributed by atoms with van der Waals surface area (Å²) in [5, 5.41) is 6.26. The van der Waals surface area contributed by atoms with Gasteiger partial charge in [-0.25, -0.2) is 8.42 Å². The molecule has 2 atom stereocenters. The first-order chi connectivity index (χ1) is 7.66. The lowest BCUT2D eigenvalue weighted by molar-refractivity contribution is 0.261. The van der Waals surface area contributed by atoms with E-state index in [2.05, 4.69) is 10.2 Å². The standard InChI is InChI=1S/C10H15N3O2S/c14-16(15,10-4-11-12-5-10)13-6-8-1-2-9(3-8)7-13/h4-5,8-9H,1-3,6-7H2,(H,11,12)/t8-,9+. The predicted octanol–water partition coefficient (Wildman–Crippen LogP) is 0.830. The van der Waals surface area contributed by atoms with Crippen LogP contribution in [0.15, 0.2) is 17.3 Å². The summed E-state index contributed by atoms with van der Waals surface area (Å²) in [6, 6.07) is 0. The quantitative estimate of drug-likeness (QED) is 0.834. The summed E-state index contributed by atoms with van der Waals surface area (Å²) in [6.07, 6.45) is 6.40. The molecule has 0 aromatic carbocycles. The van der Waals surface area contributed by atoms with Gasteiger partial charge in [-0.3, -0.25) is 5.10 Å². The summed E-state index contributed by atoms with van der Waals surface area (Å²) < 4.78 is 26.1. The van der Waals surface area contributed by atoms with E-state index >= 15 is 0 Å². The maximum Gasteiger partial charge on any atom is 0.246 e. The topological polar surface area (TPSA) is 66.1 Å². The number of fused-ring (bicyclic) bond motifs is 2. The maximum absolute atomic E-state index is 12.2. The van der Waals surface area contributed by atoms with Crippen molar-refractivity contribution in [1.82, 2.24) is 14.5 Å². The summed E-state index contributed by atoms with van der Waals surface area (Å²) in [6.45, 7) is 1.37. The Balaban J connectivity index is 1.88. The lowest BCUT2D eigenvalue weighted by atomic mass is 10.0. The molecule has 1 aromatic rings. The lowest BCUT2D eigenvalue weighted by Gasteiger charge is -2.30. The average molecular weight is 241 g/mol. The zero-order valence-electron chi connectivity index (χ0n) is 8.96. The Morgan fingerprint density at radius 2 is 2.00 bits per heavy atom. The van der Waals surface area contributed by atoms with E-state index in [1.54, 1.807) is 4.31 Å². The van der Waals surface area contributed by atoms with Crippen LogP contribution in [0, 0.1) is 11.8 Å². The molecule has 88 valence electrons. The molecule has 1 aliphatic carbocycles.